The van der Waals surface area contributed by atoms with E-state index in [9.17, 15) is 14.5 Å². The number of thiazole rings is 1. The van der Waals surface area contributed by atoms with Gasteiger partial charge >= 0.3 is 5.69 Å². The minimum atomic E-state index is -0.816. The van der Waals surface area contributed by atoms with Gasteiger partial charge in [0.1, 0.15) is 5.69 Å². The molecule has 0 saturated carbocycles. The lowest BCUT2D eigenvalue weighted by Gasteiger charge is -2.18. The van der Waals surface area contributed by atoms with E-state index in [1.165, 1.54) is 17.4 Å². The summed E-state index contributed by atoms with van der Waals surface area (Å²) in [4.78, 5) is 16.0. The summed E-state index contributed by atoms with van der Waals surface area (Å²) in [6.07, 6.45) is 2.38. The van der Waals surface area contributed by atoms with Crippen molar-refractivity contribution in [2.75, 3.05) is 18.5 Å². The third kappa shape index (κ3) is 3.05. The van der Waals surface area contributed by atoms with Crippen molar-refractivity contribution in [3.63, 3.8) is 0 Å². The van der Waals surface area contributed by atoms with Crippen LogP contribution in [0.25, 0.3) is 0 Å². The first-order chi connectivity index (χ1) is 9.09. The molecule has 0 aliphatic carbocycles. The molecule has 0 aliphatic rings. The van der Waals surface area contributed by atoms with Gasteiger partial charge in [-0.15, -0.1) is 11.3 Å². The summed E-state index contributed by atoms with van der Waals surface area (Å²) >= 11 is 1.53. The van der Waals surface area contributed by atoms with Crippen molar-refractivity contribution >= 4 is 22.7 Å². The number of aromatic nitrogens is 1. The molecule has 1 aromatic heterocycles. The predicted molar refractivity (Wildman–Crippen MR) is 72.1 cm³/mol. The van der Waals surface area contributed by atoms with Crippen LogP contribution in [0.1, 0.15) is 5.01 Å². The number of hydrogen-bond donors (Lipinski definition) is 0. The van der Waals surface area contributed by atoms with E-state index in [2.05, 4.69) is 4.98 Å². The first-order valence-electron chi connectivity index (χ1n) is 5.62. The second-order valence-electron chi connectivity index (χ2n) is 3.96. The number of benzene rings is 1. The third-order valence-corrected chi connectivity index (χ3v) is 3.54. The molecule has 0 radical (unpaired) electrons. The molecule has 0 bridgehead atoms. The first-order valence-corrected chi connectivity index (χ1v) is 6.50. The van der Waals surface area contributed by atoms with Gasteiger partial charge in [0.2, 0.25) is 5.82 Å². The highest BCUT2D eigenvalue weighted by Gasteiger charge is 2.22. The second-order valence-corrected chi connectivity index (χ2v) is 4.94. The number of nitro groups is 1. The van der Waals surface area contributed by atoms with Crippen LogP contribution < -0.4 is 4.90 Å². The molecule has 5 nitrogen and oxygen atoms in total. The lowest BCUT2D eigenvalue weighted by atomic mass is 10.2. The maximum atomic E-state index is 13.5. The molecule has 0 N–H and O–H groups in total. The monoisotopic (exact) mass is 281 g/mol. The van der Waals surface area contributed by atoms with E-state index in [1.54, 1.807) is 24.2 Å². The van der Waals surface area contributed by atoms with Crippen LogP contribution in [0.2, 0.25) is 0 Å². The molecule has 0 unspecified atom stereocenters. The average Bonchev–Trinajstić information content (AvgIpc) is 2.88. The fraction of sp³-hybridized carbons (Fsp3) is 0.250. The van der Waals surface area contributed by atoms with Crippen LogP contribution >= 0.6 is 11.3 Å². The van der Waals surface area contributed by atoms with Crippen molar-refractivity contribution in [3.05, 3.63) is 50.7 Å². The fourth-order valence-corrected chi connectivity index (χ4v) is 2.36. The number of para-hydroxylation sites is 1. The Hall–Kier alpha value is -2.02. The van der Waals surface area contributed by atoms with Crippen LogP contribution in [0.5, 0.6) is 0 Å². The van der Waals surface area contributed by atoms with Crippen LogP contribution in [-0.4, -0.2) is 23.5 Å². The summed E-state index contributed by atoms with van der Waals surface area (Å²) in [6, 6.07) is 4.11. The second kappa shape index (κ2) is 5.75. The molecule has 0 aliphatic heterocycles. The molecule has 1 aromatic carbocycles. The van der Waals surface area contributed by atoms with Crippen LogP contribution in [-0.2, 0) is 6.42 Å². The summed E-state index contributed by atoms with van der Waals surface area (Å²) in [6.45, 7) is 0.539. The predicted octanol–water partition coefficient (Wildman–Crippen LogP) is 2.87. The van der Waals surface area contributed by atoms with E-state index in [1.807, 2.05) is 5.38 Å². The number of hydrogen-bond acceptors (Lipinski definition) is 5. The van der Waals surface area contributed by atoms with E-state index in [-0.39, 0.29) is 5.69 Å². The molecular formula is C12H12FN3O2S. The van der Waals surface area contributed by atoms with Gasteiger partial charge in [0.05, 0.1) is 9.93 Å². The van der Waals surface area contributed by atoms with Gasteiger partial charge < -0.3 is 4.90 Å². The van der Waals surface area contributed by atoms with Gasteiger partial charge in [-0.1, -0.05) is 6.07 Å². The van der Waals surface area contributed by atoms with Gasteiger partial charge in [0, 0.05) is 31.6 Å². The minimum absolute atomic E-state index is 0.279. The van der Waals surface area contributed by atoms with Crippen molar-refractivity contribution < 1.29 is 9.31 Å². The summed E-state index contributed by atoms with van der Waals surface area (Å²) in [7, 11) is 1.70. The standard InChI is InChI=1S/C12H12FN3O2S/c1-15(7-5-11-14-6-8-19-11)10-4-2-3-9(13)12(10)16(17)18/h2-4,6,8H,5,7H2,1H3. The van der Waals surface area contributed by atoms with E-state index >= 15 is 0 Å². The Bertz CT molecular complexity index is 574. The molecule has 0 spiro atoms. The fourth-order valence-electron chi connectivity index (χ4n) is 1.75. The summed E-state index contributed by atoms with van der Waals surface area (Å²) in [5.74, 6) is -0.816. The van der Waals surface area contributed by atoms with Gasteiger partial charge in [0.15, 0.2) is 0 Å². The number of nitro benzene ring substituents is 1. The molecule has 19 heavy (non-hydrogen) atoms. The zero-order valence-corrected chi connectivity index (χ0v) is 11.1. The van der Waals surface area contributed by atoms with E-state index in [0.29, 0.717) is 13.0 Å². The van der Waals surface area contributed by atoms with Crippen molar-refractivity contribution in [2.24, 2.45) is 0 Å². The molecular weight excluding hydrogens is 269 g/mol. The zero-order chi connectivity index (χ0) is 13.8. The van der Waals surface area contributed by atoms with Crippen molar-refractivity contribution in [1.82, 2.24) is 4.98 Å². The summed E-state index contributed by atoms with van der Waals surface area (Å²) in [5.41, 5.74) is -0.203. The Balaban J connectivity index is 2.16. The highest BCUT2D eigenvalue weighted by molar-refractivity contribution is 7.09. The van der Waals surface area contributed by atoms with Crippen molar-refractivity contribution in [1.29, 1.82) is 0 Å². The first kappa shape index (κ1) is 13.4. The number of halogens is 1. The maximum absolute atomic E-state index is 13.5. The van der Waals surface area contributed by atoms with Crippen LogP contribution in [0.4, 0.5) is 15.8 Å². The molecule has 2 rings (SSSR count). The highest BCUT2D eigenvalue weighted by Crippen LogP contribution is 2.29. The SMILES string of the molecule is CN(CCc1nccs1)c1cccc(F)c1[N+](=O)[O-]. The van der Waals surface area contributed by atoms with Crippen LogP contribution in [0.15, 0.2) is 29.8 Å². The largest absolute Gasteiger partial charge is 0.369 e. The van der Waals surface area contributed by atoms with Crippen LogP contribution in [0.3, 0.4) is 0 Å². The van der Waals surface area contributed by atoms with E-state index < -0.39 is 16.4 Å². The molecule has 7 heteroatoms. The third-order valence-electron chi connectivity index (χ3n) is 2.70. The van der Waals surface area contributed by atoms with Gasteiger partial charge in [-0.2, -0.15) is 4.39 Å². The van der Waals surface area contributed by atoms with Crippen LogP contribution in [0, 0.1) is 15.9 Å². The minimum Gasteiger partial charge on any atom is -0.369 e. The Morgan fingerprint density at radius 2 is 2.32 bits per heavy atom. The summed E-state index contributed by atoms with van der Waals surface area (Å²) in [5, 5.41) is 13.7. The molecule has 0 atom stereocenters. The molecule has 0 fully saturated rings. The van der Waals surface area contributed by atoms with Crippen molar-refractivity contribution in [3.8, 4) is 0 Å². The van der Waals surface area contributed by atoms with Gasteiger partial charge in [-0.05, 0) is 12.1 Å². The Morgan fingerprint density at radius 3 is 2.95 bits per heavy atom. The quantitative estimate of drug-likeness (QED) is 0.624. The Morgan fingerprint density at radius 1 is 1.53 bits per heavy atom. The molecule has 100 valence electrons. The number of nitrogens with zero attached hydrogens (tertiary/aromatic N) is 3. The normalized spacial score (nSPS) is 10.4. The Labute approximate surface area is 113 Å². The number of likely N-dealkylation sites (N-methyl/N-ethyl adjacent to an activating group) is 1. The lowest BCUT2D eigenvalue weighted by molar-refractivity contribution is -0.386. The maximum Gasteiger partial charge on any atom is 0.327 e. The van der Waals surface area contributed by atoms with E-state index in [0.717, 1.165) is 11.1 Å². The van der Waals surface area contributed by atoms with Gasteiger partial charge in [0.25, 0.3) is 0 Å². The number of rotatable bonds is 5. The smallest absolute Gasteiger partial charge is 0.327 e. The lowest BCUT2D eigenvalue weighted by Crippen LogP contribution is -2.21. The van der Waals surface area contributed by atoms with Crippen molar-refractivity contribution in [2.45, 2.75) is 6.42 Å². The zero-order valence-electron chi connectivity index (χ0n) is 10.2. The number of anilines is 1. The average molecular weight is 281 g/mol. The highest BCUT2D eigenvalue weighted by atomic mass is 32.1. The van der Waals surface area contributed by atoms with Gasteiger partial charge in [-0.25, -0.2) is 4.98 Å². The Kier molecular flexibility index (Phi) is 4.06. The molecule has 0 saturated heterocycles. The molecule has 2 aromatic rings. The van der Waals surface area contributed by atoms with E-state index in [4.69, 9.17) is 0 Å². The summed E-state index contributed by atoms with van der Waals surface area (Å²) < 4.78 is 13.5. The molecule has 0 amide bonds. The van der Waals surface area contributed by atoms with Gasteiger partial charge in [-0.3, -0.25) is 10.1 Å². The topological polar surface area (TPSA) is 59.3 Å². The molecule has 1 heterocycles.